The lowest BCUT2D eigenvalue weighted by atomic mass is 10.3. The summed E-state index contributed by atoms with van der Waals surface area (Å²) in [6, 6.07) is -1.28. The van der Waals surface area contributed by atoms with Gasteiger partial charge in [0.15, 0.2) is 0 Å². The first kappa shape index (κ1) is 23.2. The smallest absolute Gasteiger partial charge is 0.232 e. The molecule has 0 aromatic carbocycles. The molecule has 0 amide bonds. The van der Waals surface area contributed by atoms with E-state index in [4.69, 9.17) is 5.11 Å². The number of hydrogen-bond acceptors (Lipinski definition) is 12. The fourth-order valence-electron chi connectivity index (χ4n) is 2.22. The van der Waals surface area contributed by atoms with E-state index in [2.05, 4.69) is 15.0 Å². The van der Waals surface area contributed by atoms with Gasteiger partial charge in [0, 0.05) is 27.7 Å². The van der Waals surface area contributed by atoms with E-state index in [0.717, 1.165) is 0 Å². The molecule has 0 saturated heterocycles. The maximum Gasteiger partial charge on any atom is 0.232 e. The number of aliphatic hydroxyl groups excluding tert-OH is 6. The maximum atomic E-state index is 9.66. The molecule has 0 radical (unpaired) electrons. The third-order valence-electron chi connectivity index (χ3n) is 4.21. The average molecular weight is 390 g/mol. The molecule has 1 aromatic heterocycles. The van der Waals surface area contributed by atoms with Crippen LogP contribution in [0.3, 0.4) is 0 Å². The van der Waals surface area contributed by atoms with Gasteiger partial charge < -0.3 is 45.3 Å². The zero-order chi connectivity index (χ0) is 20.6. The van der Waals surface area contributed by atoms with Crippen molar-refractivity contribution in [2.75, 3.05) is 75.4 Å². The van der Waals surface area contributed by atoms with Crippen molar-refractivity contribution in [3.63, 3.8) is 0 Å². The number of likely N-dealkylation sites (N-methyl/N-ethyl adjacent to an activating group) is 3. The highest BCUT2D eigenvalue weighted by atomic mass is 16.3. The lowest BCUT2D eigenvalue weighted by Gasteiger charge is -2.30. The quantitative estimate of drug-likeness (QED) is 0.206. The number of aliphatic hydroxyl groups is 6. The van der Waals surface area contributed by atoms with Crippen molar-refractivity contribution in [1.82, 2.24) is 15.0 Å². The molecule has 156 valence electrons. The molecule has 1 aromatic rings. The van der Waals surface area contributed by atoms with Gasteiger partial charge >= 0.3 is 0 Å². The van der Waals surface area contributed by atoms with E-state index in [1.54, 1.807) is 21.1 Å². The predicted molar refractivity (Wildman–Crippen MR) is 98.9 cm³/mol. The predicted octanol–water partition coefficient (Wildman–Crippen LogP) is -3.76. The molecule has 27 heavy (non-hydrogen) atoms. The fourth-order valence-corrected chi connectivity index (χ4v) is 2.22. The molecule has 0 saturated carbocycles. The second-order valence-corrected chi connectivity index (χ2v) is 6.21. The highest BCUT2D eigenvalue weighted by Gasteiger charge is 2.23. The second kappa shape index (κ2) is 11.1. The summed E-state index contributed by atoms with van der Waals surface area (Å²) in [5.41, 5.74) is 0. The standard InChI is InChI=1S/C15H30N6O6/c1-19(4-12(27)9-26)13-16-14(20(2)10(5-22)6-23)18-15(17-13)21(3)11(7-24)8-25/h10-12,22-27H,4-9H2,1-3H3. The van der Waals surface area contributed by atoms with Gasteiger partial charge in [0.2, 0.25) is 17.8 Å². The van der Waals surface area contributed by atoms with Crippen LogP contribution in [0.1, 0.15) is 0 Å². The van der Waals surface area contributed by atoms with Crippen LogP contribution in [0.5, 0.6) is 0 Å². The summed E-state index contributed by atoms with van der Waals surface area (Å²) in [6.45, 7) is -1.67. The first-order valence-electron chi connectivity index (χ1n) is 8.48. The SMILES string of the molecule is CN(CC(O)CO)c1nc(N(C)C(CO)CO)nc(N(C)C(CO)CO)n1. The summed E-state index contributed by atoms with van der Waals surface area (Å²) < 4.78 is 0. The number of hydrogen-bond donors (Lipinski definition) is 6. The van der Waals surface area contributed by atoms with E-state index in [-0.39, 0.29) is 50.8 Å². The third-order valence-corrected chi connectivity index (χ3v) is 4.21. The minimum absolute atomic E-state index is 0.0552. The van der Waals surface area contributed by atoms with E-state index < -0.39 is 24.8 Å². The minimum atomic E-state index is -1.00. The van der Waals surface area contributed by atoms with Gasteiger partial charge in [-0.2, -0.15) is 15.0 Å². The van der Waals surface area contributed by atoms with Gasteiger partial charge in [0.1, 0.15) is 0 Å². The van der Waals surface area contributed by atoms with E-state index in [9.17, 15) is 25.5 Å². The Labute approximate surface area is 158 Å². The summed E-state index contributed by atoms with van der Waals surface area (Å²) in [4.78, 5) is 17.3. The highest BCUT2D eigenvalue weighted by molar-refractivity contribution is 5.46. The van der Waals surface area contributed by atoms with Crippen LogP contribution in [-0.4, -0.2) is 125 Å². The highest BCUT2D eigenvalue weighted by Crippen LogP contribution is 2.20. The summed E-state index contributed by atoms with van der Waals surface area (Å²) in [6.07, 6.45) is -1.00. The van der Waals surface area contributed by atoms with Crippen molar-refractivity contribution in [3.8, 4) is 0 Å². The van der Waals surface area contributed by atoms with Crippen molar-refractivity contribution in [3.05, 3.63) is 0 Å². The van der Waals surface area contributed by atoms with Gasteiger partial charge in [-0.05, 0) is 0 Å². The Bertz CT molecular complexity index is 523. The molecule has 0 bridgehead atoms. The number of nitrogens with zero attached hydrogens (tertiary/aromatic N) is 6. The summed E-state index contributed by atoms with van der Waals surface area (Å²) in [5, 5.41) is 56.3. The Balaban J connectivity index is 3.33. The van der Waals surface area contributed by atoms with Crippen LogP contribution >= 0.6 is 0 Å². The number of aromatic nitrogens is 3. The molecule has 0 fully saturated rings. The Hall–Kier alpha value is -1.83. The third kappa shape index (κ3) is 6.09. The molecule has 1 rings (SSSR count). The van der Waals surface area contributed by atoms with Crippen LogP contribution < -0.4 is 14.7 Å². The number of rotatable bonds is 12. The van der Waals surface area contributed by atoms with Crippen LogP contribution in [0, 0.1) is 0 Å². The van der Waals surface area contributed by atoms with Gasteiger partial charge in [-0.1, -0.05) is 0 Å². The van der Waals surface area contributed by atoms with Gasteiger partial charge in [-0.15, -0.1) is 0 Å². The van der Waals surface area contributed by atoms with Gasteiger partial charge in [-0.25, -0.2) is 0 Å². The lowest BCUT2D eigenvalue weighted by Crippen LogP contribution is -2.42. The Morgan fingerprint density at radius 2 is 1.04 bits per heavy atom. The Morgan fingerprint density at radius 3 is 1.37 bits per heavy atom. The van der Waals surface area contributed by atoms with E-state index in [1.165, 1.54) is 14.7 Å². The van der Waals surface area contributed by atoms with Gasteiger partial charge in [0.25, 0.3) is 0 Å². The van der Waals surface area contributed by atoms with Crippen LogP contribution in [0.25, 0.3) is 0 Å². The van der Waals surface area contributed by atoms with Crippen LogP contribution in [-0.2, 0) is 0 Å². The molecular weight excluding hydrogens is 360 g/mol. The zero-order valence-electron chi connectivity index (χ0n) is 15.8. The van der Waals surface area contributed by atoms with Crippen molar-refractivity contribution < 1.29 is 30.6 Å². The van der Waals surface area contributed by atoms with Crippen molar-refractivity contribution in [2.24, 2.45) is 0 Å². The minimum Gasteiger partial charge on any atom is -0.394 e. The van der Waals surface area contributed by atoms with E-state index >= 15 is 0 Å². The second-order valence-electron chi connectivity index (χ2n) is 6.21. The fraction of sp³-hybridized carbons (Fsp3) is 0.800. The molecule has 0 aliphatic heterocycles. The molecule has 6 N–H and O–H groups in total. The lowest BCUT2D eigenvalue weighted by molar-refractivity contribution is 0.101. The first-order valence-corrected chi connectivity index (χ1v) is 8.48. The monoisotopic (exact) mass is 390 g/mol. The molecular formula is C15H30N6O6. The van der Waals surface area contributed by atoms with Crippen molar-refractivity contribution in [2.45, 2.75) is 18.2 Å². The molecule has 12 nitrogen and oxygen atoms in total. The topological polar surface area (TPSA) is 170 Å². The largest absolute Gasteiger partial charge is 0.394 e. The zero-order valence-corrected chi connectivity index (χ0v) is 15.8. The normalized spacial score (nSPS) is 12.6. The van der Waals surface area contributed by atoms with Gasteiger partial charge in [-0.3, -0.25) is 0 Å². The molecule has 0 aliphatic carbocycles. The molecule has 1 atom stereocenters. The van der Waals surface area contributed by atoms with Crippen molar-refractivity contribution in [1.29, 1.82) is 0 Å². The average Bonchev–Trinajstić information content (AvgIpc) is 2.68. The Kier molecular flexibility index (Phi) is 9.55. The van der Waals surface area contributed by atoms with Crippen LogP contribution in [0.2, 0.25) is 0 Å². The number of anilines is 3. The van der Waals surface area contributed by atoms with Crippen LogP contribution in [0.4, 0.5) is 17.8 Å². The summed E-state index contributed by atoms with van der Waals surface area (Å²) in [5.74, 6) is 0.468. The van der Waals surface area contributed by atoms with E-state index in [0.29, 0.717) is 0 Å². The first-order chi connectivity index (χ1) is 12.8. The van der Waals surface area contributed by atoms with Crippen molar-refractivity contribution >= 4 is 17.8 Å². The van der Waals surface area contributed by atoms with Crippen LogP contribution in [0.15, 0.2) is 0 Å². The molecule has 1 heterocycles. The molecule has 1 unspecified atom stereocenters. The molecule has 12 heteroatoms. The maximum absolute atomic E-state index is 9.66. The summed E-state index contributed by atoms with van der Waals surface area (Å²) in [7, 11) is 4.81. The van der Waals surface area contributed by atoms with E-state index in [1.807, 2.05) is 0 Å². The summed E-state index contributed by atoms with van der Waals surface area (Å²) >= 11 is 0. The Morgan fingerprint density at radius 1 is 0.667 bits per heavy atom. The molecule has 0 aliphatic rings. The van der Waals surface area contributed by atoms with Gasteiger partial charge in [0.05, 0.1) is 51.2 Å². The molecule has 0 spiro atoms.